The highest BCUT2D eigenvalue weighted by Crippen LogP contribution is 2.26. The number of hydrogen-bond acceptors (Lipinski definition) is 0. The van der Waals surface area contributed by atoms with Crippen molar-refractivity contribution in [1.82, 2.24) is 0 Å². The summed E-state index contributed by atoms with van der Waals surface area (Å²) in [6.45, 7) is 2.88. The maximum Gasteiger partial charge on any atom is 0.272 e. The Morgan fingerprint density at radius 3 is 1.86 bits per heavy atom. The fourth-order valence-electron chi connectivity index (χ4n) is 2.77. The van der Waals surface area contributed by atoms with Gasteiger partial charge in [-0.1, -0.05) is 54.1 Å². The zero-order valence-electron chi connectivity index (χ0n) is 16.3. The molecule has 29 heavy (non-hydrogen) atoms. The Morgan fingerprint density at radius 1 is 0.759 bits per heavy atom. The van der Waals surface area contributed by atoms with Gasteiger partial charge in [0.15, 0.2) is 5.67 Å². The summed E-state index contributed by atoms with van der Waals surface area (Å²) in [6, 6.07) is 19.7. The van der Waals surface area contributed by atoms with Crippen LogP contribution in [0.1, 0.15) is 29.2 Å². The minimum absolute atomic E-state index is 0.169. The van der Waals surface area contributed by atoms with Gasteiger partial charge in [0, 0.05) is 6.42 Å². The number of benzene rings is 3. The van der Waals surface area contributed by atoms with Crippen molar-refractivity contribution in [1.29, 1.82) is 0 Å². The first kappa shape index (κ1) is 22.6. The van der Waals surface area contributed by atoms with Crippen molar-refractivity contribution in [2.24, 2.45) is 0 Å². The third-order valence-corrected chi connectivity index (χ3v) is 4.28. The monoisotopic (exact) mass is 406 g/mol. The molecular formula is C24H23F5. The SMILES string of the molecule is CC(F)(Cc1cc(F)cc(Cc2ccc(F)cc2)c1)C(F)F.Cc1ccccc1. The minimum atomic E-state index is -3.14. The van der Waals surface area contributed by atoms with Crippen molar-refractivity contribution in [3.63, 3.8) is 0 Å². The standard InChI is InChI=1S/C17H15F5.C7H8/c1-17(22,16(20)21)10-13-7-12(8-15(19)9-13)6-11-2-4-14(18)5-3-11;1-7-5-3-2-4-6-7/h2-5,7-9,16H,6,10H2,1H3;2-6H,1H3. The quantitative estimate of drug-likeness (QED) is 0.397. The lowest BCUT2D eigenvalue weighted by molar-refractivity contribution is -0.0216. The molecule has 0 bridgehead atoms. The highest BCUT2D eigenvalue weighted by Gasteiger charge is 2.35. The van der Waals surface area contributed by atoms with Crippen LogP contribution in [0.2, 0.25) is 0 Å². The van der Waals surface area contributed by atoms with Gasteiger partial charge in [-0.25, -0.2) is 22.0 Å². The molecule has 0 aromatic heterocycles. The van der Waals surface area contributed by atoms with Crippen LogP contribution >= 0.6 is 0 Å². The zero-order chi connectivity index (χ0) is 21.4. The summed E-state index contributed by atoms with van der Waals surface area (Å²) in [6.07, 6.45) is -3.40. The van der Waals surface area contributed by atoms with E-state index in [-0.39, 0.29) is 11.4 Å². The van der Waals surface area contributed by atoms with Gasteiger partial charge >= 0.3 is 0 Å². The molecule has 0 saturated carbocycles. The van der Waals surface area contributed by atoms with Gasteiger partial charge in [-0.15, -0.1) is 0 Å². The average molecular weight is 406 g/mol. The molecule has 0 fully saturated rings. The van der Waals surface area contributed by atoms with E-state index in [1.54, 1.807) is 12.1 Å². The lowest BCUT2D eigenvalue weighted by Crippen LogP contribution is -2.30. The maximum atomic E-state index is 13.7. The Labute approximate surface area is 168 Å². The average Bonchev–Trinajstić information content (AvgIpc) is 2.64. The molecule has 0 radical (unpaired) electrons. The molecule has 154 valence electrons. The van der Waals surface area contributed by atoms with Crippen molar-refractivity contribution in [3.8, 4) is 0 Å². The summed E-state index contributed by atoms with van der Waals surface area (Å²) >= 11 is 0. The first-order chi connectivity index (χ1) is 13.7. The van der Waals surface area contributed by atoms with Gasteiger partial charge in [0.1, 0.15) is 11.6 Å². The molecule has 0 heterocycles. The van der Waals surface area contributed by atoms with Gasteiger partial charge < -0.3 is 0 Å². The number of rotatable bonds is 5. The predicted molar refractivity (Wildman–Crippen MR) is 106 cm³/mol. The van der Waals surface area contributed by atoms with E-state index in [9.17, 15) is 22.0 Å². The van der Waals surface area contributed by atoms with Gasteiger partial charge in [-0.2, -0.15) is 0 Å². The van der Waals surface area contributed by atoms with Gasteiger partial charge in [0.25, 0.3) is 6.43 Å². The fraction of sp³-hybridized carbons (Fsp3) is 0.250. The smallest absolute Gasteiger partial charge is 0.238 e. The Balaban J connectivity index is 0.000000360. The number of halogens is 5. The Hall–Kier alpha value is -2.69. The van der Waals surface area contributed by atoms with Gasteiger partial charge in [-0.05, 0) is 61.2 Å². The van der Waals surface area contributed by atoms with Crippen LogP contribution in [-0.4, -0.2) is 12.1 Å². The van der Waals surface area contributed by atoms with Crippen LogP contribution in [0.5, 0.6) is 0 Å². The van der Waals surface area contributed by atoms with Crippen LogP contribution in [0, 0.1) is 18.6 Å². The van der Waals surface area contributed by atoms with Crippen molar-refractivity contribution < 1.29 is 22.0 Å². The van der Waals surface area contributed by atoms with E-state index < -0.39 is 24.3 Å². The highest BCUT2D eigenvalue weighted by atomic mass is 19.3. The van der Waals surface area contributed by atoms with Gasteiger partial charge in [0.05, 0.1) is 0 Å². The minimum Gasteiger partial charge on any atom is -0.238 e. The second-order valence-electron chi connectivity index (χ2n) is 7.18. The van der Waals surface area contributed by atoms with Crippen LogP contribution in [0.15, 0.2) is 72.8 Å². The molecule has 5 heteroatoms. The van der Waals surface area contributed by atoms with Crippen LogP contribution in [0.25, 0.3) is 0 Å². The summed E-state index contributed by atoms with van der Waals surface area (Å²) in [5.74, 6) is -0.992. The van der Waals surface area contributed by atoms with Crippen LogP contribution in [0.4, 0.5) is 22.0 Å². The Kier molecular flexibility index (Phi) is 7.94. The molecule has 1 atom stereocenters. The second-order valence-corrected chi connectivity index (χ2v) is 7.18. The zero-order valence-corrected chi connectivity index (χ0v) is 16.3. The topological polar surface area (TPSA) is 0 Å². The Morgan fingerprint density at radius 2 is 1.34 bits per heavy atom. The number of hydrogen-bond donors (Lipinski definition) is 0. The van der Waals surface area contributed by atoms with Crippen LogP contribution in [0.3, 0.4) is 0 Å². The molecular weight excluding hydrogens is 383 g/mol. The maximum absolute atomic E-state index is 13.7. The molecule has 0 aliphatic rings. The summed E-state index contributed by atoms with van der Waals surface area (Å²) in [7, 11) is 0. The van der Waals surface area contributed by atoms with E-state index in [4.69, 9.17) is 0 Å². The van der Waals surface area contributed by atoms with E-state index in [1.165, 1.54) is 29.8 Å². The summed E-state index contributed by atoms with van der Waals surface area (Å²) in [4.78, 5) is 0. The summed E-state index contributed by atoms with van der Waals surface area (Å²) < 4.78 is 65.3. The predicted octanol–water partition coefficient (Wildman–Crippen LogP) is 7.09. The summed E-state index contributed by atoms with van der Waals surface area (Å²) in [5, 5.41) is 0. The molecule has 0 nitrogen and oxygen atoms in total. The van der Waals surface area contributed by atoms with Gasteiger partial charge in [-0.3, -0.25) is 0 Å². The van der Waals surface area contributed by atoms with E-state index >= 15 is 0 Å². The molecule has 0 saturated heterocycles. The number of alkyl halides is 3. The fourth-order valence-corrected chi connectivity index (χ4v) is 2.77. The molecule has 1 unspecified atom stereocenters. The molecule has 0 aliphatic carbocycles. The van der Waals surface area contributed by atoms with E-state index in [0.29, 0.717) is 12.0 Å². The molecule has 0 amide bonds. The van der Waals surface area contributed by atoms with Crippen molar-refractivity contribution in [2.75, 3.05) is 0 Å². The molecule has 0 aliphatic heterocycles. The van der Waals surface area contributed by atoms with E-state index in [2.05, 4.69) is 19.1 Å². The second kappa shape index (κ2) is 10.2. The molecule has 0 N–H and O–H groups in total. The summed E-state index contributed by atoms with van der Waals surface area (Å²) in [5.41, 5.74) is 0.0485. The van der Waals surface area contributed by atoms with E-state index in [0.717, 1.165) is 18.6 Å². The normalized spacial score (nSPS) is 12.8. The largest absolute Gasteiger partial charge is 0.272 e. The molecule has 0 spiro atoms. The highest BCUT2D eigenvalue weighted by molar-refractivity contribution is 5.31. The van der Waals surface area contributed by atoms with Crippen LogP contribution < -0.4 is 0 Å². The third-order valence-electron chi connectivity index (χ3n) is 4.28. The Bertz CT molecular complexity index is 887. The third kappa shape index (κ3) is 7.68. The first-order valence-electron chi connectivity index (χ1n) is 9.17. The van der Waals surface area contributed by atoms with Crippen LogP contribution in [-0.2, 0) is 12.8 Å². The van der Waals surface area contributed by atoms with Crippen molar-refractivity contribution in [3.05, 3.63) is 107 Å². The molecule has 3 aromatic rings. The molecule has 3 aromatic carbocycles. The van der Waals surface area contributed by atoms with Gasteiger partial charge in [0.2, 0.25) is 0 Å². The van der Waals surface area contributed by atoms with Crippen molar-refractivity contribution in [2.45, 2.75) is 38.8 Å². The lowest BCUT2D eigenvalue weighted by Gasteiger charge is -2.19. The van der Waals surface area contributed by atoms with E-state index in [1.807, 2.05) is 18.2 Å². The number of aryl methyl sites for hydroxylation is 1. The molecule has 3 rings (SSSR count). The first-order valence-corrected chi connectivity index (χ1v) is 9.17. The van der Waals surface area contributed by atoms with Crippen molar-refractivity contribution >= 4 is 0 Å². The lowest BCUT2D eigenvalue weighted by atomic mass is 9.95.